The molecule has 8 heteroatoms. The van der Waals surface area contributed by atoms with Crippen molar-refractivity contribution >= 4 is 34.0 Å². The van der Waals surface area contributed by atoms with Crippen LogP contribution in [0.2, 0.25) is 0 Å². The van der Waals surface area contributed by atoms with Gasteiger partial charge >= 0.3 is 0 Å². The molecule has 4 aromatic rings. The van der Waals surface area contributed by atoms with Crippen LogP contribution >= 0.6 is 0 Å². The monoisotopic (exact) mass is 496 g/mol. The molecular formula is C29H36N8. The Morgan fingerprint density at radius 2 is 1.59 bits per heavy atom. The number of anilines is 3. The molecule has 6 heterocycles. The summed E-state index contributed by atoms with van der Waals surface area (Å²) in [7, 11) is 0. The van der Waals surface area contributed by atoms with E-state index in [1.165, 1.54) is 49.0 Å². The number of hydrogen-bond acceptors (Lipinski definition) is 7. The van der Waals surface area contributed by atoms with Gasteiger partial charge in [-0.3, -0.25) is 0 Å². The molecule has 0 spiro atoms. The molecule has 1 atom stereocenters. The molecular weight excluding hydrogens is 460 g/mol. The fourth-order valence-corrected chi connectivity index (χ4v) is 6.43. The summed E-state index contributed by atoms with van der Waals surface area (Å²) in [4.78, 5) is 22.0. The summed E-state index contributed by atoms with van der Waals surface area (Å²) < 4.78 is 2.15. The molecule has 37 heavy (non-hydrogen) atoms. The third-order valence-corrected chi connectivity index (χ3v) is 8.50. The molecule has 192 valence electrons. The first-order chi connectivity index (χ1) is 18.2. The smallest absolute Gasteiger partial charge is 0.160 e. The maximum Gasteiger partial charge on any atom is 0.160 e. The molecule has 3 aliphatic heterocycles. The maximum atomic E-state index is 5.30. The lowest BCUT2D eigenvalue weighted by Gasteiger charge is -2.36. The van der Waals surface area contributed by atoms with Gasteiger partial charge in [0.15, 0.2) is 5.65 Å². The van der Waals surface area contributed by atoms with Crippen molar-refractivity contribution in [1.82, 2.24) is 24.6 Å². The van der Waals surface area contributed by atoms with Crippen molar-refractivity contribution in [2.45, 2.75) is 64.8 Å². The second-order valence-corrected chi connectivity index (χ2v) is 11.0. The molecule has 0 saturated carbocycles. The Bertz CT molecular complexity index is 1450. The van der Waals surface area contributed by atoms with Crippen LogP contribution in [0.3, 0.4) is 0 Å². The Hall–Kier alpha value is -3.42. The normalized spacial score (nSPS) is 20.6. The SMILES string of the molecule is Cc1ccc2ncnc(N3CCCCC3c3cc4nc(N5CCC5)c(C)c(N5CCCCC5)n4n3)c2c1. The third-order valence-electron chi connectivity index (χ3n) is 8.50. The van der Waals surface area contributed by atoms with Crippen molar-refractivity contribution in [3.8, 4) is 0 Å². The molecule has 3 aliphatic rings. The van der Waals surface area contributed by atoms with Crippen molar-refractivity contribution in [1.29, 1.82) is 0 Å². The molecule has 3 saturated heterocycles. The van der Waals surface area contributed by atoms with Gasteiger partial charge in [0.2, 0.25) is 0 Å². The standard InChI is InChI=1S/C29H36N8/c1-20-10-11-23-22(17-20)28(31-19-30-23)36-16-7-4-9-25(36)24-18-26-32-27(34-14-8-15-34)21(2)29(37(26)33-24)35-12-5-3-6-13-35/h10-11,17-19,25H,3-9,12-16H2,1-2H3. The highest BCUT2D eigenvalue weighted by Gasteiger charge is 2.31. The lowest BCUT2D eigenvalue weighted by atomic mass is 9.98. The van der Waals surface area contributed by atoms with Crippen LogP contribution in [0.1, 0.15) is 67.8 Å². The van der Waals surface area contributed by atoms with E-state index in [9.17, 15) is 0 Å². The molecule has 1 aromatic carbocycles. The Morgan fingerprint density at radius 1 is 0.784 bits per heavy atom. The Morgan fingerprint density at radius 3 is 2.41 bits per heavy atom. The van der Waals surface area contributed by atoms with E-state index in [1.807, 2.05) is 0 Å². The zero-order valence-corrected chi connectivity index (χ0v) is 22.0. The second kappa shape index (κ2) is 9.15. The topological polar surface area (TPSA) is 65.7 Å². The van der Waals surface area contributed by atoms with Crippen LogP contribution in [0.4, 0.5) is 17.5 Å². The van der Waals surface area contributed by atoms with Crippen molar-refractivity contribution < 1.29 is 0 Å². The van der Waals surface area contributed by atoms with Gasteiger partial charge in [0, 0.05) is 49.7 Å². The minimum atomic E-state index is 0.177. The van der Waals surface area contributed by atoms with Gasteiger partial charge in [-0.1, -0.05) is 11.6 Å². The minimum Gasteiger partial charge on any atom is -0.356 e. The lowest BCUT2D eigenvalue weighted by molar-refractivity contribution is 0.461. The highest BCUT2D eigenvalue weighted by Crippen LogP contribution is 2.39. The van der Waals surface area contributed by atoms with Gasteiger partial charge in [0.25, 0.3) is 0 Å². The summed E-state index contributed by atoms with van der Waals surface area (Å²) in [6, 6.07) is 8.87. The quantitative estimate of drug-likeness (QED) is 0.384. The zero-order valence-electron chi connectivity index (χ0n) is 22.0. The predicted molar refractivity (Wildman–Crippen MR) is 149 cm³/mol. The van der Waals surface area contributed by atoms with Crippen molar-refractivity contribution in [2.75, 3.05) is 47.4 Å². The number of hydrogen-bond donors (Lipinski definition) is 0. The average Bonchev–Trinajstić information content (AvgIpc) is 3.31. The molecule has 0 bridgehead atoms. The zero-order chi connectivity index (χ0) is 24.9. The fraction of sp³-hybridized carbons (Fsp3) is 0.517. The van der Waals surface area contributed by atoms with Crippen molar-refractivity contribution in [3.63, 3.8) is 0 Å². The molecule has 0 radical (unpaired) electrons. The number of fused-ring (bicyclic) bond motifs is 2. The Balaban J connectivity index is 1.35. The first-order valence-electron chi connectivity index (χ1n) is 14.1. The Labute approximate surface area is 218 Å². The van der Waals surface area contributed by atoms with Gasteiger partial charge in [0.1, 0.15) is 23.8 Å². The largest absolute Gasteiger partial charge is 0.356 e. The van der Waals surface area contributed by atoms with E-state index in [0.29, 0.717) is 0 Å². The number of rotatable bonds is 4. The summed E-state index contributed by atoms with van der Waals surface area (Å²) in [6.07, 6.45) is 10.2. The maximum absolute atomic E-state index is 5.30. The van der Waals surface area contributed by atoms with E-state index in [0.717, 1.165) is 79.4 Å². The summed E-state index contributed by atoms with van der Waals surface area (Å²) >= 11 is 0. The molecule has 7 rings (SSSR count). The third kappa shape index (κ3) is 3.88. The number of nitrogens with zero attached hydrogens (tertiary/aromatic N) is 8. The van der Waals surface area contributed by atoms with Crippen LogP contribution < -0.4 is 14.7 Å². The second-order valence-electron chi connectivity index (χ2n) is 11.0. The van der Waals surface area contributed by atoms with Gasteiger partial charge in [-0.2, -0.15) is 9.61 Å². The van der Waals surface area contributed by atoms with Gasteiger partial charge in [-0.25, -0.2) is 15.0 Å². The lowest BCUT2D eigenvalue weighted by Crippen LogP contribution is -2.39. The molecule has 0 N–H and O–H groups in total. The van der Waals surface area contributed by atoms with Gasteiger partial charge in [-0.15, -0.1) is 0 Å². The van der Waals surface area contributed by atoms with Crippen LogP contribution in [0, 0.1) is 13.8 Å². The van der Waals surface area contributed by atoms with Crippen LogP contribution in [0.25, 0.3) is 16.6 Å². The number of aryl methyl sites for hydroxylation is 1. The number of aromatic nitrogens is 5. The fourth-order valence-electron chi connectivity index (χ4n) is 6.43. The summed E-state index contributed by atoms with van der Waals surface area (Å²) in [5.74, 6) is 3.41. The van der Waals surface area contributed by atoms with Gasteiger partial charge < -0.3 is 14.7 Å². The van der Waals surface area contributed by atoms with E-state index in [1.54, 1.807) is 6.33 Å². The summed E-state index contributed by atoms with van der Waals surface area (Å²) in [5, 5.41) is 6.43. The van der Waals surface area contributed by atoms with Gasteiger partial charge in [0.05, 0.1) is 17.3 Å². The van der Waals surface area contributed by atoms with Crippen LogP contribution in [0.15, 0.2) is 30.6 Å². The molecule has 0 aliphatic carbocycles. The first-order valence-corrected chi connectivity index (χ1v) is 14.1. The van der Waals surface area contributed by atoms with Crippen molar-refractivity contribution in [3.05, 3.63) is 47.4 Å². The average molecular weight is 497 g/mol. The molecule has 8 nitrogen and oxygen atoms in total. The van der Waals surface area contributed by atoms with Crippen LogP contribution in [0.5, 0.6) is 0 Å². The van der Waals surface area contributed by atoms with Crippen molar-refractivity contribution in [2.24, 2.45) is 0 Å². The molecule has 3 fully saturated rings. The van der Waals surface area contributed by atoms with E-state index < -0.39 is 0 Å². The van der Waals surface area contributed by atoms with Crippen LogP contribution in [-0.4, -0.2) is 57.3 Å². The molecule has 0 amide bonds. The number of benzene rings is 1. The van der Waals surface area contributed by atoms with Crippen LogP contribution in [-0.2, 0) is 0 Å². The van der Waals surface area contributed by atoms with E-state index in [4.69, 9.17) is 15.1 Å². The molecule has 3 aromatic heterocycles. The number of piperidine rings is 2. The van der Waals surface area contributed by atoms with E-state index >= 15 is 0 Å². The van der Waals surface area contributed by atoms with E-state index in [2.05, 4.69) is 62.3 Å². The predicted octanol–water partition coefficient (Wildman–Crippen LogP) is 5.22. The van der Waals surface area contributed by atoms with Gasteiger partial charge in [-0.05, 0) is 70.9 Å². The Kier molecular flexibility index (Phi) is 5.63. The van der Waals surface area contributed by atoms with E-state index in [-0.39, 0.29) is 6.04 Å². The summed E-state index contributed by atoms with van der Waals surface area (Å²) in [5.41, 5.74) is 5.57. The highest BCUT2D eigenvalue weighted by atomic mass is 15.4. The minimum absolute atomic E-state index is 0.177. The summed E-state index contributed by atoms with van der Waals surface area (Å²) in [6.45, 7) is 9.74. The molecule has 1 unspecified atom stereocenters. The first kappa shape index (κ1) is 22.8. The highest BCUT2D eigenvalue weighted by molar-refractivity contribution is 5.90.